The molecule has 1 aromatic carbocycles. The predicted octanol–water partition coefficient (Wildman–Crippen LogP) is 0.510. The second-order valence-corrected chi connectivity index (χ2v) is 6.51. The summed E-state index contributed by atoms with van der Waals surface area (Å²) in [6.45, 7) is 2.11. The zero-order chi connectivity index (χ0) is 15.6. The van der Waals surface area contributed by atoms with Crippen molar-refractivity contribution in [3.05, 3.63) is 23.8 Å². The van der Waals surface area contributed by atoms with Crippen LogP contribution in [0.3, 0.4) is 0 Å². The summed E-state index contributed by atoms with van der Waals surface area (Å²) < 4.78 is 29.1. The molecule has 7 nitrogen and oxygen atoms in total. The first kappa shape index (κ1) is 15.3. The second kappa shape index (κ2) is 5.72. The highest BCUT2D eigenvalue weighted by Gasteiger charge is 2.26. The summed E-state index contributed by atoms with van der Waals surface area (Å²) >= 11 is 0. The molecule has 1 aliphatic heterocycles. The monoisotopic (exact) mass is 312 g/mol. The van der Waals surface area contributed by atoms with Crippen molar-refractivity contribution >= 4 is 33.3 Å². The molecule has 114 valence electrons. The molecule has 0 fully saturated rings. The van der Waals surface area contributed by atoms with Gasteiger partial charge in [0.1, 0.15) is 0 Å². The van der Waals surface area contributed by atoms with E-state index >= 15 is 0 Å². The van der Waals surface area contributed by atoms with Gasteiger partial charge in [0.15, 0.2) is 0 Å². The van der Waals surface area contributed by atoms with E-state index in [1.54, 1.807) is 25.1 Å². The molecule has 0 saturated heterocycles. The third-order valence-electron chi connectivity index (χ3n) is 3.05. The molecule has 0 aliphatic carbocycles. The average Bonchev–Trinajstić information content (AvgIpc) is 2.81. The van der Waals surface area contributed by atoms with E-state index in [4.69, 9.17) is 0 Å². The lowest BCUT2D eigenvalue weighted by Gasteiger charge is -2.16. The van der Waals surface area contributed by atoms with Crippen molar-refractivity contribution < 1.29 is 22.7 Å². The number of rotatable bonds is 3. The van der Waals surface area contributed by atoms with Crippen molar-refractivity contribution in [3.63, 3.8) is 0 Å². The first-order chi connectivity index (χ1) is 9.82. The minimum absolute atomic E-state index is 0.125. The van der Waals surface area contributed by atoms with Crippen LogP contribution < -0.4 is 9.62 Å². The van der Waals surface area contributed by atoms with Gasteiger partial charge in [0, 0.05) is 12.2 Å². The molecule has 0 spiro atoms. The summed E-state index contributed by atoms with van der Waals surface area (Å²) in [6.07, 6.45) is 1.71. The number of hydrogen-bond donors (Lipinski definition) is 1. The van der Waals surface area contributed by atoms with Crippen molar-refractivity contribution in [2.75, 3.05) is 29.0 Å². The number of nitrogens with one attached hydrogen (secondary N) is 1. The van der Waals surface area contributed by atoms with E-state index in [2.05, 4.69) is 10.1 Å². The van der Waals surface area contributed by atoms with Gasteiger partial charge in [-0.3, -0.25) is 9.10 Å². The molecule has 1 aromatic rings. The Kier molecular flexibility index (Phi) is 4.17. The van der Waals surface area contributed by atoms with E-state index in [0.717, 1.165) is 11.8 Å². The fourth-order valence-electron chi connectivity index (χ4n) is 2.17. The number of esters is 1. The second-order valence-electron chi connectivity index (χ2n) is 4.60. The highest BCUT2D eigenvalue weighted by Crippen LogP contribution is 2.32. The van der Waals surface area contributed by atoms with E-state index in [1.165, 1.54) is 4.31 Å². The van der Waals surface area contributed by atoms with Gasteiger partial charge in [0.2, 0.25) is 10.0 Å². The van der Waals surface area contributed by atoms with Crippen molar-refractivity contribution in [3.8, 4) is 0 Å². The zero-order valence-electron chi connectivity index (χ0n) is 11.8. The fraction of sp³-hybridized carbons (Fsp3) is 0.385. The lowest BCUT2D eigenvalue weighted by Crippen LogP contribution is -2.27. The van der Waals surface area contributed by atoms with Gasteiger partial charge in [-0.1, -0.05) is 0 Å². The summed E-state index contributed by atoms with van der Waals surface area (Å²) in [7, 11) is -3.30. The van der Waals surface area contributed by atoms with Crippen molar-refractivity contribution in [1.82, 2.24) is 0 Å². The molecule has 0 aromatic heterocycles. The van der Waals surface area contributed by atoms with Gasteiger partial charge in [-0.2, -0.15) is 0 Å². The molecule has 0 saturated carbocycles. The van der Waals surface area contributed by atoms with E-state index in [0.29, 0.717) is 24.3 Å². The van der Waals surface area contributed by atoms with Crippen LogP contribution in [0.2, 0.25) is 0 Å². The summed E-state index contributed by atoms with van der Waals surface area (Å²) in [5.74, 6) is -1.80. The molecular weight excluding hydrogens is 296 g/mol. The van der Waals surface area contributed by atoms with Crippen LogP contribution in [0.25, 0.3) is 0 Å². The Labute approximate surface area is 122 Å². The van der Waals surface area contributed by atoms with Crippen molar-refractivity contribution in [2.24, 2.45) is 0 Å². The first-order valence-corrected chi connectivity index (χ1v) is 8.26. The molecule has 2 rings (SSSR count). The molecule has 0 bridgehead atoms. The number of anilines is 2. The van der Waals surface area contributed by atoms with Crippen LogP contribution in [0, 0.1) is 0 Å². The van der Waals surface area contributed by atoms with E-state index in [1.807, 2.05) is 0 Å². The highest BCUT2D eigenvalue weighted by atomic mass is 32.2. The molecule has 1 N–H and O–H groups in total. The Hall–Kier alpha value is -2.09. The maximum Gasteiger partial charge on any atom is 0.397 e. The van der Waals surface area contributed by atoms with Gasteiger partial charge >= 0.3 is 11.9 Å². The predicted molar refractivity (Wildman–Crippen MR) is 77.6 cm³/mol. The van der Waals surface area contributed by atoms with Crippen LogP contribution in [0.1, 0.15) is 12.5 Å². The number of hydrogen-bond acceptors (Lipinski definition) is 5. The Morgan fingerprint density at radius 3 is 2.71 bits per heavy atom. The summed E-state index contributed by atoms with van der Waals surface area (Å²) in [6, 6.07) is 4.83. The molecular formula is C13H16N2O5S. The van der Waals surface area contributed by atoms with E-state index in [9.17, 15) is 18.0 Å². The molecule has 1 aliphatic rings. The first-order valence-electron chi connectivity index (χ1n) is 6.41. The number of carbonyl (C=O) groups excluding carboxylic acids is 2. The molecule has 21 heavy (non-hydrogen) atoms. The number of amides is 1. The SMILES string of the molecule is CCOC(=O)C(=O)Nc1ccc2c(c1)CCN2S(C)(=O)=O. The minimum Gasteiger partial charge on any atom is -0.459 e. The normalized spacial score (nSPS) is 13.7. The Bertz CT molecular complexity index is 684. The van der Waals surface area contributed by atoms with E-state index < -0.39 is 21.9 Å². The van der Waals surface area contributed by atoms with Crippen LogP contribution >= 0.6 is 0 Å². The number of nitrogens with zero attached hydrogens (tertiary/aromatic N) is 1. The number of carbonyl (C=O) groups is 2. The number of benzene rings is 1. The Morgan fingerprint density at radius 1 is 1.38 bits per heavy atom. The number of fused-ring (bicyclic) bond motifs is 1. The maximum atomic E-state index is 11.6. The third kappa shape index (κ3) is 3.33. The molecule has 0 radical (unpaired) electrons. The Morgan fingerprint density at radius 2 is 2.10 bits per heavy atom. The maximum absolute atomic E-state index is 11.6. The van der Waals surface area contributed by atoms with Gasteiger partial charge in [0.25, 0.3) is 0 Å². The highest BCUT2D eigenvalue weighted by molar-refractivity contribution is 7.92. The van der Waals surface area contributed by atoms with Crippen LogP contribution in [-0.4, -0.2) is 39.7 Å². The van der Waals surface area contributed by atoms with Crippen molar-refractivity contribution in [1.29, 1.82) is 0 Å². The number of sulfonamides is 1. The van der Waals surface area contributed by atoms with Crippen LogP contribution in [0.4, 0.5) is 11.4 Å². The van der Waals surface area contributed by atoms with Gasteiger partial charge in [0.05, 0.1) is 18.6 Å². The smallest absolute Gasteiger partial charge is 0.397 e. The summed E-state index contributed by atoms with van der Waals surface area (Å²) in [5.41, 5.74) is 1.84. The standard InChI is InChI=1S/C13H16N2O5S/c1-3-20-13(17)12(16)14-10-4-5-11-9(8-10)6-7-15(11)21(2,18)19/h4-5,8H,3,6-7H2,1-2H3,(H,14,16). The van der Waals surface area contributed by atoms with Crippen LogP contribution in [0.15, 0.2) is 18.2 Å². The van der Waals surface area contributed by atoms with Gasteiger partial charge < -0.3 is 10.1 Å². The zero-order valence-corrected chi connectivity index (χ0v) is 12.6. The van der Waals surface area contributed by atoms with Crippen LogP contribution in [0.5, 0.6) is 0 Å². The van der Waals surface area contributed by atoms with Crippen LogP contribution in [-0.2, 0) is 30.8 Å². The van der Waals surface area contributed by atoms with Gasteiger partial charge in [-0.15, -0.1) is 0 Å². The summed E-state index contributed by atoms with van der Waals surface area (Å²) in [5, 5.41) is 2.43. The molecule has 1 heterocycles. The topological polar surface area (TPSA) is 92.8 Å². The molecule has 0 atom stereocenters. The van der Waals surface area contributed by atoms with Gasteiger partial charge in [-0.25, -0.2) is 13.2 Å². The number of ether oxygens (including phenoxy) is 1. The average molecular weight is 312 g/mol. The fourth-order valence-corrected chi connectivity index (χ4v) is 3.13. The lowest BCUT2D eigenvalue weighted by atomic mass is 10.1. The van der Waals surface area contributed by atoms with Gasteiger partial charge in [-0.05, 0) is 37.1 Å². The minimum atomic E-state index is -3.30. The lowest BCUT2D eigenvalue weighted by molar-refractivity contribution is -0.152. The largest absolute Gasteiger partial charge is 0.459 e. The molecule has 8 heteroatoms. The molecule has 0 unspecified atom stereocenters. The Balaban J connectivity index is 2.17. The summed E-state index contributed by atoms with van der Waals surface area (Å²) in [4.78, 5) is 22.8. The van der Waals surface area contributed by atoms with E-state index in [-0.39, 0.29) is 6.61 Å². The third-order valence-corrected chi connectivity index (χ3v) is 4.23. The van der Waals surface area contributed by atoms with Crippen molar-refractivity contribution in [2.45, 2.75) is 13.3 Å². The molecule has 1 amide bonds. The quantitative estimate of drug-likeness (QED) is 0.648.